The molecule has 0 spiro atoms. The monoisotopic (exact) mass is 330 g/mol. The van der Waals surface area contributed by atoms with Gasteiger partial charge in [-0.2, -0.15) is 5.26 Å². The summed E-state index contributed by atoms with van der Waals surface area (Å²) in [6.45, 7) is 2.30. The molecule has 1 aliphatic rings. The minimum absolute atomic E-state index is 0.0717. The van der Waals surface area contributed by atoms with Gasteiger partial charge in [0, 0.05) is 12.3 Å². The van der Waals surface area contributed by atoms with E-state index in [2.05, 4.69) is 11.4 Å². The molecule has 1 atom stereocenters. The second kappa shape index (κ2) is 8.39. The Kier molecular flexibility index (Phi) is 6.24. The Morgan fingerprint density at radius 2 is 2.17 bits per heavy atom. The van der Waals surface area contributed by atoms with Crippen LogP contribution in [-0.4, -0.2) is 24.2 Å². The van der Waals surface area contributed by atoms with Gasteiger partial charge in [0.05, 0.1) is 29.0 Å². The van der Waals surface area contributed by atoms with E-state index in [0.717, 1.165) is 23.7 Å². The Morgan fingerprint density at radius 1 is 1.43 bits per heavy atom. The molecule has 0 radical (unpaired) electrons. The minimum Gasteiger partial charge on any atom is -0.465 e. The Morgan fingerprint density at radius 3 is 2.83 bits per heavy atom. The molecular formula is C17H18N2O3S. The molecule has 0 aliphatic carbocycles. The summed E-state index contributed by atoms with van der Waals surface area (Å²) in [5.41, 5.74) is 1.41. The van der Waals surface area contributed by atoms with Gasteiger partial charge in [-0.25, -0.2) is 0 Å². The Hall–Kier alpha value is -2.26. The van der Waals surface area contributed by atoms with E-state index in [4.69, 9.17) is 4.74 Å². The summed E-state index contributed by atoms with van der Waals surface area (Å²) in [6.07, 6.45) is 0.993. The highest BCUT2D eigenvalue weighted by Crippen LogP contribution is 2.35. The lowest BCUT2D eigenvalue weighted by Crippen LogP contribution is -2.31. The van der Waals surface area contributed by atoms with Crippen molar-refractivity contribution in [2.45, 2.75) is 25.7 Å². The largest absolute Gasteiger partial charge is 0.465 e. The zero-order valence-electron chi connectivity index (χ0n) is 12.9. The van der Waals surface area contributed by atoms with Crippen LogP contribution < -0.4 is 5.32 Å². The van der Waals surface area contributed by atoms with Crippen molar-refractivity contribution in [3.8, 4) is 6.07 Å². The van der Waals surface area contributed by atoms with Gasteiger partial charge >= 0.3 is 5.97 Å². The Balaban J connectivity index is 2.17. The number of esters is 1. The van der Waals surface area contributed by atoms with E-state index in [1.54, 1.807) is 0 Å². The van der Waals surface area contributed by atoms with Crippen LogP contribution in [0.2, 0.25) is 0 Å². The summed E-state index contributed by atoms with van der Waals surface area (Å²) in [7, 11) is 0. The third-order valence-corrected chi connectivity index (χ3v) is 4.35. The molecule has 1 heterocycles. The molecule has 1 aromatic carbocycles. The van der Waals surface area contributed by atoms with Crippen molar-refractivity contribution >= 4 is 23.6 Å². The molecule has 0 bridgehead atoms. The SMILES string of the molecule is CCCOC(=O)CSC1=C(C#N)C(c2ccccc2)CC(=O)N1. The van der Waals surface area contributed by atoms with Crippen LogP contribution in [-0.2, 0) is 14.3 Å². The maximum atomic E-state index is 12.0. The quantitative estimate of drug-likeness (QED) is 0.811. The average molecular weight is 330 g/mol. The summed E-state index contributed by atoms with van der Waals surface area (Å²) in [5.74, 6) is -0.702. The first-order chi connectivity index (χ1) is 11.2. The Labute approximate surface area is 139 Å². The van der Waals surface area contributed by atoms with E-state index in [0.29, 0.717) is 17.2 Å². The van der Waals surface area contributed by atoms with Gasteiger partial charge in [-0.15, -0.1) is 0 Å². The standard InChI is InChI=1S/C17H18N2O3S/c1-2-8-22-16(21)11-23-17-14(10-18)13(9-15(20)19-17)12-6-4-3-5-7-12/h3-7,13H,2,8-9,11H2,1H3,(H,19,20). The molecule has 1 aromatic rings. The van der Waals surface area contributed by atoms with Crippen LogP contribution in [0.25, 0.3) is 0 Å². The van der Waals surface area contributed by atoms with Gasteiger partial charge in [0.2, 0.25) is 5.91 Å². The van der Waals surface area contributed by atoms with Gasteiger partial charge in [-0.05, 0) is 12.0 Å². The van der Waals surface area contributed by atoms with Gasteiger partial charge in [-0.1, -0.05) is 49.0 Å². The fourth-order valence-corrected chi connectivity index (χ4v) is 3.17. The van der Waals surface area contributed by atoms with Crippen molar-refractivity contribution in [2.75, 3.05) is 12.4 Å². The number of nitrogens with one attached hydrogen (secondary N) is 1. The molecule has 120 valence electrons. The number of hydrogen-bond acceptors (Lipinski definition) is 5. The molecule has 0 aromatic heterocycles. The van der Waals surface area contributed by atoms with Crippen molar-refractivity contribution in [3.63, 3.8) is 0 Å². The number of benzene rings is 1. The molecule has 0 saturated heterocycles. The lowest BCUT2D eigenvalue weighted by molar-refractivity contribution is -0.140. The van der Waals surface area contributed by atoms with Gasteiger partial charge in [0.1, 0.15) is 0 Å². The minimum atomic E-state index is -0.349. The number of nitriles is 1. The van der Waals surface area contributed by atoms with E-state index in [1.807, 2.05) is 37.3 Å². The fourth-order valence-electron chi connectivity index (χ4n) is 2.29. The second-order valence-electron chi connectivity index (χ2n) is 5.08. The highest BCUT2D eigenvalue weighted by Gasteiger charge is 2.29. The summed E-state index contributed by atoms with van der Waals surface area (Å²) >= 11 is 1.14. The maximum Gasteiger partial charge on any atom is 0.316 e. The third kappa shape index (κ3) is 4.60. The van der Waals surface area contributed by atoms with E-state index in [9.17, 15) is 14.9 Å². The number of nitrogens with zero attached hydrogens (tertiary/aromatic N) is 1. The van der Waals surface area contributed by atoms with E-state index < -0.39 is 0 Å². The highest BCUT2D eigenvalue weighted by molar-refractivity contribution is 8.03. The van der Waals surface area contributed by atoms with Crippen LogP contribution >= 0.6 is 11.8 Å². The molecule has 1 amide bonds. The van der Waals surface area contributed by atoms with Crippen LogP contribution in [0, 0.1) is 11.3 Å². The third-order valence-electron chi connectivity index (χ3n) is 3.36. The van der Waals surface area contributed by atoms with Crippen molar-refractivity contribution in [1.29, 1.82) is 5.26 Å². The smallest absolute Gasteiger partial charge is 0.316 e. The normalized spacial score (nSPS) is 17.4. The molecule has 0 fully saturated rings. The predicted molar refractivity (Wildman–Crippen MR) is 88.3 cm³/mol. The summed E-state index contributed by atoms with van der Waals surface area (Å²) in [6, 6.07) is 11.6. The molecule has 1 aliphatic heterocycles. The molecular weight excluding hydrogens is 312 g/mol. The lowest BCUT2D eigenvalue weighted by atomic mass is 9.87. The van der Waals surface area contributed by atoms with Gasteiger partial charge < -0.3 is 10.1 Å². The van der Waals surface area contributed by atoms with Gasteiger partial charge in [0.15, 0.2) is 0 Å². The topological polar surface area (TPSA) is 79.2 Å². The molecule has 23 heavy (non-hydrogen) atoms. The first-order valence-corrected chi connectivity index (χ1v) is 8.41. The predicted octanol–water partition coefficient (Wildman–Crippen LogP) is 2.71. The lowest BCUT2D eigenvalue weighted by Gasteiger charge is -2.24. The molecule has 0 saturated carbocycles. The number of rotatable bonds is 6. The van der Waals surface area contributed by atoms with Crippen LogP contribution in [0.5, 0.6) is 0 Å². The molecule has 1 unspecified atom stereocenters. The molecule has 2 rings (SSSR count). The van der Waals surface area contributed by atoms with Crippen molar-refractivity contribution in [1.82, 2.24) is 5.32 Å². The fraction of sp³-hybridized carbons (Fsp3) is 0.353. The zero-order valence-corrected chi connectivity index (χ0v) is 13.7. The highest BCUT2D eigenvalue weighted by atomic mass is 32.2. The number of ether oxygens (including phenoxy) is 1. The number of carbonyl (C=O) groups is 2. The average Bonchev–Trinajstić information content (AvgIpc) is 2.58. The second-order valence-corrected chi connectivity index (χ2v) is 6.06. The number of allylic oxidation sites excluding steroid dienone is 1. The number of carbonyl (C=O) groups excluding carboxylic acids is 2. The van der Waals surface area contributed by atoms with Crippen LogP contribution in [0.1, 0.15) is 31.2 Å². The zero-order chi connectivity index (χ0) is 16.7. The van der Waals surface area contributed by atoms with Gasteiger partial charge in [0.25, 0.3) is 0 Å². The molecule has 1 N–H and O–H groups in total. The first-order valence-electron chi connectivity index (χ1n) is 7.43. The molecule has 6 heteroatoms. The van der Waals surface area contributed by atoms with Crippen LogP contribution in [0.15, 0.2) is 40.9 Å². The first kappa shape index (κ1) is 17.1. The Bertz CT molecular complexity index is 650. The molecule has 5 nitrogen and oxygen atoms in total. The van der Waals surface area contributed by atoms with Crippen LogP contribution in [0.3, 0.4) is 0 Å². The van der Waals surface area contributed by atoms with Crippen molar-refractivity contribution in [2.24, 2.45) is 0 Å². The van der Waals surface area contributed by atoms with E-state index >= 15 is 0 Å². The number of thioether (sulfide) groups is 1. The number of hydrogen-bond donors (Lipinski definition) is 1. The summed E-state index contributed by atoms with van der Waals surface area (Å²) < 4.78 is 5.01. The van der Waals surface area contributed by atoms with Crippen molar-refractivity contribution in [3.05, 3.63) is 46.5 Å². The number of amides is 1. The van der Waals surface area contributed by atoms with Crippen LogP contribution in [0.4, 0.5) is 0 Å². The van der Waals surface area contributed by atoms with Crippen molar-refractivity contribution < 1.29 is 14.3 Å². The van der Waals surface area contributed by atoms with E-state index in [1.165, 1.54) is 0 Å². The van der Waals surface area contributed by atoms with Gasteiger partial charge in [-0.3, -0.25) is 9.59 Å². The summed E-state index contributed by atoms with van der Waals surface area (Å²) in [5, 5.41) is 12.6. The maximum absolute atomic E-state index is 12.0. The summed E-state index contributed by atoms with van der Waals surface area (Å²) in [4.78, 5) is 23.6. The van der Waals surface area contributed by atoms with E-state index in [-0.39, 0.29) is 30.0 Å².